The highest BCUT2D eigenvalue weighted by molar-refractivity contribution is 4.79. The maximum atomic E-state index is 9.34. The Labute approximate surface area is 65.7 Å². The standard InChI is InChI=1S/C7H14O4/c1-4-6(9)5(8)3-11-7(4)10-2/h4-9H,3H2,1-2H3/t4-,5-,6+,7-/m1/s1. The molecule has 0 aromatic rings. The molecule has 1 heterocycles. The maximum Gasteiger partial charge on any atom is 0.162 e. The molecule has 0 spiro atoms. The second kappa shape index (κ2) is 3.49. The fourth-order valence-corrected chi connectivity index (χ4v) is 1.24. The van der Waals surface area contributed by atoms with Crippen LogP contribution in [0.4, 0.5) is 0 Å². The van der Waals surface area contributed by atoms with E-state index in [1.807, 2.05) is 0 Å². The van der Waals surface area contributed by atoms with Crippen LogP contribution in [0.25, 0.3) is 0 Å². The zero-order valence-electron chi connectivity index (χ0n) is 6.73. The lowest BCUT2D eigenvalue weighted by atomic mass is 9.97. The first kappa shape index (κ1) is 8.93. The quantitative estimate of drug-likeness (QED) is 0.537. The number of rotatable bonds is 1. The third kappa shape index (κ3) is 1.70. The van der Waals surface area contributed by atoms with Crippen molar-refractivity contribution >= 4 is 0 Å². The van der Waals surface area contributed by atoms with Crippen LogP contribution in [-0.2, 0) is 9.47 Å². The van der Waals surface area contributed by atoms with Crippen LogP contribution in [0.2, 0.25) is 0 Å². The molecule has 1 saturated heterocycles. The molecule has 1 rings (SSSR count). The molecule has 4 heteroatoms. The zero-order valence-corrected chi connectivity index (χ0v) is 6.73. The smallest absolute Gasteiger partial charge is 0.162 e. The van der Waals surface area contributed by atoms with Gasteiger partial charge in [-0.2, -0.15) is 0 Å². The number of aliphatic hydroxyl groups excluding tert-OH is 2. The first-order valence-corrected chi connectivity index (χ1v) is 3.67. The first-order valence-electron chi connectivity index (χ1n) is 3.67. The number of aliphatic hydroxyl groups is 2. The zero-order chi connectivity index (χ0) is 8.43. The summed E-state index contributed by atoms with van der Waals surface area (Å²) in [5.74, 6) is -0.177. The third-order valence-electron chi connectivity index (χ3n) is 2.03. The SMILES string of the molecule is CO[C@@H]1OC[C@@H](O)[C@@H](O)[C@H]1C. The topological polar surface area (TPSA) is 58.9 Å². The largest absolute Gasteiger partial charge is 0.390 e. The average molecular weight is 162 g/mol. The Kier molecular flexibility index (Phi) is 2.84. The molecule has 1 aliphatic rings. The minimum Gasteiger partial charge on any atom is -0.390 e. The van der Waals surface area contributed by atoms with Crippen molar-refractivity contribution in [2.24, 2.45) is 5.92 Å². The fourth-order valence-electron chi connectivity index (χ4n) is 1.24. The molecular formula is C7H14O4. The summed E-state index contributed by atoms with van der Waals surface area (Å²) in [6.45, 7) is 1.92. The molecule has 0 aromatic carbocycles. The highest BCUT2D eigenvalue weighted by Crippen LogP contribution is 2.21. The molecule has 0 saturated carbocycles. The van der Waals surface area contributed by atoms with Gasteiger partial charge in [0.05, 0.1) is 12.7 Å². The normalized spacial score (nSPS) is 45.8. The van der Waals surface area contributed by atoms with Crippen molar-refractivity contribution in [3.05, 3.63) is 0 Å². The first-order chi connectivity index (χ1) is 5.16. The van der Waals surface area contributed by atoms with Crippen molar-refractivity contribution < 1.29 is 19.7 Å². The number of hydrogen-bond donors (Lipinski definition) is 2. The van der Waals surface area contributed by atoms with Gasteiger partial charge in [0.2, 0.25) is 0 Å². The monoisotopic (exact) mass is 162 g/mol. The summed E-state index contributed by atoms with van der Waals surface area (Å²) < 4.78 is 10.0. The Bertz CT molecular complexity index is 126. The predicted molar refractivity (Wildman–Crippen MR) is 37.9 cm³/mol. The van der Waals surface area contributed by atoms with Crippen molar-refractivity contribution in [3.8, 4) is 0 Å². The minimum atomic E-state index is -0.781. The molecular weight excluding hydrogens is 148 g/mol. The van der Waals surface area contributed by atoms with Gasteiger partial charge in [0, 0.05) is 13.0 Å². The molecule has 1 fully saturated rings. The molecule has 1 aliphatic heterocycles. The second-order valence-corrected chi connectivity index (χ2v) is 2.85. The highest BCUT2D eigenvalue weighted by atomic mass is 16.7. The van der Waals surface area contributed by atoms with E-state index in [2.05, 4.69) is 0 Å². The van der Waals surface area contributed by atoms with Gasteiger partial charge in [0.25, 0.3) is 0 Å². The molecule has 0 aromatic heterocycles. The minimum absolute atomic E-state index is 0.143. The van der Waals surface area contributed by atoms with Crippen LogP contribution in [-0.4, -0.2) is 42.4 Å². The van der Waals surface area contributed by atoms with E-state index in [-0.39, 0.29) is 12.5 Å². The lowest BCUT2D eigenvalue weighted by Gasteiger charge is -2.35. The Morgan fingerprint density at radius 2 is 2.09 bits per heavy atom. The van der Waals surface area contributed by atoms with Gasteiger partial charge in [-0.1, -0.05) is 6.92 Å². The van der Waals surface area contributed by atoms with Crippen LogP contribution in [0.5, 0.6) is 0 Å². The lowest BCUT2D eigenvalue weighted by Crippen LogP contribution is -2.48. The average Bonchev–Trinajstić information content (AvgIpc) is 2.01. The van der Waals surface area contributed by atoms with Gasteiger partial charge in [-0.3, -0.25) is 0 Å². The molecule has 2 N–H and O–H groups in total. The summed E-state index contributed by atoms with van der Waals surface area (Å²) in [5, 5.41) is 18.5. The number of methoxy groups -OCH3 is 1. The summed E-state index contributed by atoms with van der Waals surface area (Å²) in [6.07, 6.45) is -1.92. The molecule has 66 valence electrons. The molecule has 0 bridgehead atoms. The molecule has 4 nitrogen and oxygen atoms in total. The Morgan fingerprint density at radius 3 is 2.64 bits per heavy atom. The van der Waals surface area contributed by atoms with Gasteiger partial charge in [-0.25, -0.2) is 0 Å². The summed E-state index contributed by atoms with van der Waals surface area (Å²) in [6, 6.07) is 0. The van der Waals surface area contributed by atoms with Crippen LogP contribution in [0.3, 0.4) is 0 Å². The van der Waals surface area contributed by atoms with Crippen LogP contribution >= 0.6 is 0 Å². The second-order valence-electron chi connectivity index (χ2n) is 2.85. The van der Waals surface area contributed by atoms with Crippen LogP contribution in [0, 0.1) is 5.92 Å². The van der Waals surface area contributed by atoms with E-state index in [4.69, 9.17) is 14.6 Å². The summed E-state index contributed by atoms with van der Waals surface area (Å²) in [5.41, 5.74) is 0. The highest BCUT2D eigenvalue weighted by Gasteiger charge is 2.35. The van der Waals surface area contributed by atoms with Gasteiger partial charge >= 0.3 is 0 Å². The molecule has 0 unspecified atom stereocenters. The van der Waals surface area contributed by atoms with E-state index in [1.165, 1.54) is 7.11 Å². The van der Waals surface area contributed by atoms with Gasteiger partial charge < -0.3 is 19.7 Å². The lowest BCUT2D eigenvalue weighted by molar-refractivity contribution is -0.236. The van der Waals surface area contributed by atoms with Crippen molar-refractivity contribution in [1.82, 2.24) is 0 Å². The van der Waals surface area contributed by atoms with E-state index >= 15 is 0 Å². The van der Waals surface area contributed by atoms with E-state index in [9.17, 15) is 5.11 Å². The molecule has 0 radical (unpaired) electrons. The van der Waals surface area contributed by atoms with E-state index in [0.29, 0.717) is 0 Å². The van der Waals surface area contributed by atoms with E-state index in [1.54, 1.807) is 6.92 Å². The van der Waals surface area contributed by atoms with Crippen LogP contribution in [0.1, 0.15) is 6.92 Å². The van der Waals surface area contributed by atoms with Gasteiger partial charge in [0.15, 0.2) is 6.29 Å². The fraction of sp³-hybridized carbons (Fsp3) is 1.00. The Hall–Kier alpha value is -0.160. The van der Waals surface area contributed by atoms with Crippen molar-refractivity contribution in [1.29, 1.82) is 0 Å². The van der Waals surface area contributed by atoms with Gasteiger partial charge in [-0.15, -0.1) is 0 Å². The Balaban J connectivity index is 2.52. The number of hydrogen-bond acceptors (Lipinski definition) is 4. The van der Waals surface area contributed by atoms with E-state index in [0.717, 1.165) is 0 Å². The van der Waals surface area contributed by atoms with Gasteiger partial charge in [-0.05, 0) is 0 Å². The third-order valence-corrected chi connectivity index (χ3v) is 2.03. The van der Waals surface area contributed by atoms with Crippen molar-refractivity contribution in [2.45, 2.75) is 25.4 Å². The van der Waals surface area contributed by atoms with Crippen molar-refractivity contribution in [3.63, 3.8) is 0 Å². The molecule has 4 atom stereocenters. The number of ether oxygens (including phenoxy) is 2. The van der Waals surface area contributed by atoms with Crippen LogP contribution in [0.15, 0.2) is 0 Å². The summed E-state index contributed by atoms with van der Waals surface area (Å²) in [7, 11) is 1.52. The Morgan fingerprint density at radius 1 is 1.45 bits per heavy atom. The van der Waals surface area contributed by atoms with Gasteiger partial charge in [0.1, 0.15) is 6.10 Å². The summed E-state index contributed by atoms with van der Waals surface area (Å²) >= 11 is 0. The van der Waals surface area contributed by atoms with Crippen LogP contribution < -0.4 is 0 Å². The molecule has 11 heavy (non-hydrogen) atoms. The molecule has 0 aliphatic carbocycles. The summed E-state index contributed by atoms with van der Waals surface area (Å²) in [4.78, 5) is 0. The maximum absolute atomic E-state index is 9.34. The predicted octanol–water partition coefficient (Wildman–Crippen LogP) is -0.653. The van der Waals surface area contributed by atoms with E-state index < -0.39 is 18.5 Å². The van der Waals surface area contributed by atoms with Crippen molar-refractivity contribution in [2.75, 3.05) is 13.7 Å². The molecule has 0 amide bonds.